The van der Waals surface area contributed by atoms with E-state index >= 15 is 0 Å². The van der Waals surface area contributed by atoms with Crippen molar-refractivity contribution in [3.05, 3.63) is 59.2 Å². The molecule has 1 atom stereocenters. The molecule has 0 radical (unpaired) electrons. The number of hydrogen-bond acceptors (Lipinski definition) is 4. The van der Waals surface area contributed by atoms with Gasteiger partial charge in [-0.2, -0.15) is 5.26 Å². The number of benzene rings is 2. The maximum absolute atomic E-state index is 8.88. The molecule has 0 fully saturated rings. The highest BCUT2D eigenvalue weighted by atomic mass is 16.6. The van der Waals surface area contributed by atoms with Crippen molar-refractivity contribution < 1.29 is 9.47 Å². The summed E-state index contributed by atoms with van der Waals surface area (Å²) in [5.74, 6) is 2.08. The highest BCUT2D eigenvalue weighted by Gasteiger charge is 2.19. The molecular formula is C20H22N2O2. The molecule has 0 amide bonds. The highest BCUT2D eigenvalue weighted by Crippen LogP contribution is 2.34. The van der Waals surface area contributed by atoms with Crippen molar-refractivity contribution in [1.82, 2.24) is 5.32 Å². The van der Waals surface area contributed by atoms with Crippen LogP contribution in [-0.2, 0) is 6.54 Å². The first-order valence-electron chi connectivity index (χ1n) is 8.29. The first-order chi connectivity index (χ1) is 11.7. The fraction of sp³-hybridized carbons (Fsp3) is 0.350. The summed E-state index contributed by atoms with van der Waals surface area (Å²) < 4.78 is 11.3. The number of rotatable bonds is 5. The largest absolute Gasteiger partial charge is 0.486 e. The zero-order valence-electron chi connectivity index (χ0n) is 14.1. The molecule has 0 saturated heterocycles. The Labute approximate surface area is 143 Å². The minimum atomic E-state index is 0.219. The summed E-state index contributed by atoms with van der Waals surface area (Å²) in [6.45, 7) is 6.36. The predicted molar refractivity (Wildman–Crippen MR) is 93.0 cm³/mol. The van der Waals surface area contributed by atoms with E-state index in [9.17, 15) is 0 Å². The van der Waals surface area contributed by atoms with E-state index in [1.807, 2.05) is 30.3 Å². The van der Waals surface area contributed by atoms with Crippen LogP contribution in [0, 0.1) is 17.2 Å². The van der Waals surface area contributed by atoms with Crippen LogP contribution in [0.5, 0.6) is 11.5 Å². The quantitative estimate of drug-likeness (QED) is 0.909. The normalized spacial score (nSPS) is 14.2. The molecule has 0 saturated carbocycles. The van der Waals surface area contributed by atoms with Gasteiger partial charge in [-0.15, -0.1) is 0 Å². The number of nitrogens with zero attached hydrogens (tertiary/aromatic N) is 1. The lowest BCUT2D eigenvalue weighted by atomic mass is 9.95. The molecule has 4 heteroatoms. The van der Waals surface area contributed by atoms with Gasteiger partial charge in [0.05, 0.1) is 11.6 Å². The van der Waals surface area contributed by atoms with Crippen LogP contribution < -0.4 is 14.8 Å². The average molecular weight is 322 g/mol. The molecule has 4 nitrogen and oxygen atoms in total. The molecule has 0 spiro atoms. The van der Waals surface area contributed by atoms with E-state index in [1.54, 1.807) is 0 Å². The van der Waals surface area contributed by atoms with Gasteiger partial charge in [0.15, 0.2) is 11.5 Å². The van der Waals surface area contributed by atoms with E-state index in [1.165, 1.54) is 5.56 Å². The fourth-order valence-corrected chi connectivity index (χ4v) is 2.92. The van der Waals surface area contributed by atoms with Crippen LogP contribution >= 0.6 is 0 Å². The molecule has 24 heavy (non-hydrogen) atoms. The average Bonchev–Trinajstić information content (AvgIpc) is 2.62. The molecule has 0 bridgehead atoms. The molecule has 1 heterocycles. The van der Waals surface area contributed by atoms with Gasteiger partial charge in [-0.25, -0.2) is 0 Å². The minimum absolute atomic E-state index is 0.219. The lowest BCUT2D eigenvalue weighted by molar-refractivity contribution is 0.171. The van der Waals surface area contributed by atoms with Crippen LogP contribution in [0.15, 0.2) is 42.5 Å². The fourth-order valence-electron chi connectivity index (χ4n) is 2.92. The van der Waals surface area contributed by atoms with Crippen LogP contribution in [0.25, 0.3) is 0 Å². The van der Waals surface area contributed by atoms with Crippen LogP contribution in [0.4, 0.5) is 0 Å². The van der Waals surface area contributed by atoms with Crippen molar-refractivity contribution in [1.29, 1.82) is 5.26 Å². The Hall–Kier alpha value is -2.51. The van der Waals surface area contributed by atoms with Gasteiger partial charge in [-0.1, -0.05) is 32.0 Å². The zero-order valence-corrected chi connectivity index (χ0v) is 14.1. The second-order valence-electron chi connectivity index (χ2n) is 6.31. The molecule has 1 aliphatic rings. The second-order valence-corrected chi connectivity index (χ2v) is 6.31. The van der Waals surface area contributed by atoms with Crippen molar-refractivity contribution in [3.63, 3.8) is 0 Å². The summed E-state index contributed by atoms with van der Waals surface area (Å²) >= 11 is 0. The summed E-state index contributed by atoms with van der Waals surface area (Å²) in [6.07, 6.45) is 0. The van der Waals surface area contributed by atoms with E-state index in [4.69, 9.17) is 14.7 Å². The standard InChI is InChI=1S/C20H22N2O2/c1-14(2)20(22-13-16-5-3-15(12-21)4-6-16)17-7-8-18-19(11-17)24-10-9-23-18/h3-8,11,14,20,22H,9-10,13H2,1-2H3. The minimum Gasteiger partial charge on any atom is -0.486 e. The third kappa shape index (κ3) is 3.69. The number of ether oxygens (including phenoxy) is 2. The Morgan fingerprint density at radius 1 is 1.04 bits per heavy atom. The van der Waals surface area contributed by atoms with E-state index in [-0.39, 0.29) is 6.04 Å². The summed E-state index contributed by atoms with van der Waals surface area (Å²) in [5, 5.41) is 12.5. The lowest BCUT2D eigenvalue weighted by Gasteiger charge is -2.25. The van der Waals surface area contributed by atoms with Crippen LogP contribution in [0.1, 0.15) is 36.6 Å². The summed E-state index contributed by atoms with van der Waals surface area (Å²) in [6, 6.07) is 16.2. The Morgan fingerprint density at radius 3 is 2.42 bits per heavy atom. The zero-order chi connectivity index (χ0) is 16.9. The summed E-state index contributed by atoms with van der Waals surface area (Å²) in [4.78, 5) is 0. The molecule has 3 rings (SSSR count). The van der Waals surface area contributed by atoms with Crippen molar-refractivity contribution in [3.8, 4) is 17.6 Å². The monoisotopic (exact) mass is 322 g/mol. The number of nitrogens with one attached hydrogen (secondary N) is 1. The Balaban J connectivity index is 1.73. The molecule has 1 N–H and O–H groups in total. The molecule has 1 unspecified atom stereocenters. The Morgan fingerprint density at radius 2 is 1.75 bits per heavy atom. The van der Waals surface area contributed by atoms with Gasteiger partial charge in [0.2, 0.25) is 0 Å². The maximum atomic E-state index is 8.88. The van der Waals surface area contributed by atoms with E-state index in [2.05, 4.69) is 37.4 Å². The van der Waals surface area contributed by atoms with Gasteiger partial charge >= 0.3 is 0 Å². The van der Waals surface area contributed by atoms with Crippen molar-refractivity contribution >= 4 is 0 Å². The Kier molecular flexibility index (Phi) is 5.02. The van der Waals surface area contributed by atoms with Crippen LogP contribution in [-0.4, -0.2) is 13.2 Å². The molecule has 2 aromatic rings. The van der Waals surface area contributed by atoms with Gasteiger partial charge in [0.25, 0.3) is 0 Å². The summed E-state index contributed by atoms with van der Waals surface area (Å²) in [7, 11) is 0. The second kappa shape index (κ2) is 7.37. The number of nitriles is 1. The molecule has 2 aromatic carbocycles. The van der Waals surface area contributed by atoms with Gasteiger partial charge in [0, 0.05) is 12.6 Å². The molecule has 1 aliphatic heterocycles. The maximum Gasteiger partial charge on any atom is 0.161 e. The van der Waals surface area contributed by atoms with Gasteiger partial charge in [0.1, 0.15) is 13.2 Å². The van der Waals surface area contributed by atoms with E-state index in [0.29, 0.717) is 24.7 Å². The predicted octanol–water partition coefficient (Wildman–Crippen LogP) is 3.82. The van der Waals surface area contributed by atoms with Crippen molar-refractivity contribution in [2.75, 3.05) is 13.2 Å². The molecular weight excluding hydrogens is 300 g/mol. The van der Waals surface area contributed by atoms with Crippen molar-refractivity contribution in [2.24, 2.45) is 5.92 Å². The SMILES string of the molecule is CC(C)C(NCc1ccc(C#N)cc1)c1ccc2c(c1)OCCO2. The topological polar surface area (TPSA) is 54.3 Å². The van der Waals surface area contributed by atoms with E-state index < -0.39 is 0 Å². The van der Waals surface area contributed by atoms with Gasteiger partial charge in [-0.05, 0) is 41.3 Å². The number of hydrogen-bond donors (Lipinski definition) is 1. The first kappa shape index (κ1) is 16.4. The number of fused-ring (bicyclic) bond motifs is 1. The first-order valence-corrected chi connectivity index (χ1v) is 8.29. The van der Waals surface area contributed by atoms with Crippen molar-refractivity contribution in [2.45, 2.75) is 26.4 Å². The third-order valence-electron chi connectivity index (χ3n) is 4.20. The van der Waals surface area contributed by atoms with Crippen LogP contribution in [0.2, 0.25) is 0 Å². The highest BCUT2D eigenvalue weighted by molar-refractivity contribution is 5.44. The molecule has 124 valence electrons. The van der Waals surface area contributed by atoms with Gasteiger partial charge in [-0.3, -0.25) is 0 Å². The van der Waals surface area contributed by atoms with Gasteiger partial charge < -0.3 is 14.8 Å². The Bertz CT molecular complexity index is 732. The molecule has 0 aromatic heterocycles. The lowest BCUT2D eigenvalue weighted by Crippen LogP contribution is -2.25. The van der Waals surface area contributed by atoms with Crippen LogP contribution in [0.3, 0.4) is 0 Å². The third-order valence-corrected chi connectivity index (χ3v) is 4.20. The van der Waals surface area contributed by atoms with E-state index in [0.717, 1.165) is 23.6 Å². The smallest absolute Gasteiger partial charge is 0.161 e. The summed E-state index contributed by atoms with van der Waals surface area (Å²) in [5.41, 5.74) is 3.05. The molecule has 0 aliphatic carbocycles.